The van der Waals surface area contributed by atoms with E-state index < -0.39 is 0 Å². The monoisotopic (exact) mass is 318 g/mol. The van der Waals surface area contributed by atoms with E-state index in [1.165, 1.54) is 25.0 Å². The van der Waals surface area contributed by atoms with E-state index in [1.807, 2.05) is 18.2 Å². The molecule has 1 aromatic heterocycles. The molecule has 2 unspecified atom stereocenters. The van der Waals surface area contributed by atoms with Gasteiger partial charge in [0.15, 0.2) is 0 Å². The van der Waals surface area contributed by atoms with Gasteiger partial charge in [0, 0.05) is 30.2 Å². The zero-order valence-corrected chi connectivity index (χ0v) is 13.0. The number of ether oxygens (including phenoxy) is 1. The van der Waals surface area contributed by atoms with Gasteiger partial charge in [0.25, 0.3) is 5.19 Å². The fraction of sp³-hybridized carbons (Fsp3) is 0.438. The first-order valence-corrected chi connectivity index (χ1v) is 8.61. The summed E-state index contributed by atoms with van der Waals surface area (Å²) in [6, 6.07) is 5.80. The van der Waals surface area contributed by atoms with E-state index in [0.717, 1.165) is 32.9 Å². The summed E-state index contributed by atoms with van der Waals surface area (Å²) in [5.41, 5.74) is 2.44. The predicted octanol–water partition coefficient (Wildman–Crippen LogP) is 3.94. The summed E-state index contributed by atoms with van der Waals surface area (Å²) in [7, 11) is 0. The summed E-state index contributed by atoms with van der Waals surface area (Å²) in [4.78, 5) is 7.07. The molecule has 1 aromatic carbocycles. The number of benzene rings is 1. The van der Waals surface area contributed by atoms with Crippen molar-refractivity contribution < 1.29 is 4.74 Å². The number of fused-ring (bicyclic) bond motifs is 1. The zero-order chi connectivity index (χ0) is 14.0. The highest BCUT2D eigenvalue weighted by atomic mass is 35.5. The average molecular weight is 319 g/mol. The molecule has 1 aliphatic carbocycles. The second kappa shape index (κ2) is 4.37. The van der Waals surface area contributed by atoms with E-state index in [2.05, 4.69) is 16.1 Å². The number of hydrogen-bond acceptors (Lipinski definition) is 4. The second-order valence-electron chi connectivity index (χ2n) is 6.35. The standard InChI is InChI=1S/C16H15ClN2OS/c17-12-1-2-13-14(5-12)21-16(18-13)20-15-10-3-9-4-11(15)8-19(6-9)7-10/h1-2,5,7,9,11,15H,3-4,6,8H2/t9?,11?,15-/m1/s1. The molecule has 6 rings (SSSR count). The molecule has 2 aromatic rings. The van der Waals surface area contributed by atoms with Gasteiger partial charge in [-0.2, -0.15) is 0 Å². The van der Waals surface area contributed by atoms with E-state index in [-0.39, 0.29) is 6.10 Å². The Hall–Kier alpha value is -1.26. The number of hydrogen-bond donors (Lipinski definition) is 0. The minimum atomic E-state index is 0.230. The Morgan fingerprint density at radius 3 is 3.14 bits per heavy atom. The lowest BCUT2D eigenvalue weighted by atomic mass is 9.71. The molecule has 1 saturated heterocycles. The number of rotatable bonds is 2. The number of halogens is 1. The third kappa shape index (κ3) is 1.96. The van der Waals surface area contributed by atoms with Gasteiger partial charge in [-0.3, -0.25) is 0 Å². The molecule has 3 nitrogen and oxygen atoms in total. The Labute approximate surface area is 132 Å². The van der Waals surface area contributed by atoms with Gasteiger partial charge in [-0.25, -0.2) is 4.98 Å². The number of piperidine rings is 1. The fourth-order valence-electron chi connectivity index (χ4n) is 4.08. The molecule has 0 spiro atoms. The number of thiazole rings is 1. The van der Waals surface area contributed by atoms with Gasteiger partial charge in [-0.05, 0) is 42.5 Å². The van der Waals surface area contributed by atoms with Crippen molar-refractivity contribution in [3.05, 3.63) is 35.0 Å². The average Bonchev–Trinajstić information content (AvgIpc) is 2.83. The van der Waals surface area contributed by atoms with Crippen LogP contribution in [0.5, 0.6) is 5.19 Å². The number of nitrogens with zero attached hydrogens (tertiary/aromatic N) is 2. The molecule has 2 fully saturated rings. The van der Waals surface area contributed by atoms with Crippen molar-refractivity contribution in [3.63, 3.8) is 0 Å². The van der Waals surface area contributed by atoms with Crippen LogP contribution in [-0.2, 0) is 0 Å². The van der Waals surface area contributed by atoms with Crippen LogP contribution >= 0.6 is 22.9 Å². The Morgan fingerprint density at radius 1 is 1.33 bits per heavy atom. The van der Waals surface area contributed by atoms with Crippen molar-refractivity contribution in [2.24, 2.45) is 11.8 Å². The molecular formula is C16H15ClN2OS. The van der Waals surface area contributed by atoms with Crippen molar-refractivity contribution in [3.8, 4) is 5.19 Å². The Morgan fingerprint density at radius 2 is 2.29 bits per heavy atom. The van der Waals surface area contributed by atoms with Crippen LogP contribution in [-0.4, -0.2) is 29.1 Å². The lowest BCUT2D eigenvalue weighted by Gasteiger charge is -2.50. The molecule has 21 heavy (non-hydrogen) atoms. The molecule has 4 aliphatic rings. The van der Waals surface area contributed by atoms with Crippen molar-refractivity contribution in [2.75, 3.05) is 13.1 Å². The number of aromatic nitrogens is 1. The van der Waals surface area contributed by atoms with Crippen molar-refractivity contribution in [2.45, 2.75) is 18.9 Å². The Bertz CT molecular complexity index is 756. The fourth-order valence-corrected chi connectivity index (χ4v) is 5.20. The van der Waals surface area contributed by atoms with Crippen LogP contribution in [0.25, 0.3) is 10.2 Å². The lowest BCUT2D eigenvalue weighted by molar-refractivity contribution is 0.0277. The molecule has 0 amide bonds. The summed E-state index contributed by atoms with van der Waals surface area (Å²) in [6.45, 7) is 2.38. The molecule has 0 radical (unpaired) electrons. The molecule has 4 heterocycles. The van der Waals surface area contributed by atoms with Gasteiger partial charge in [0.1, 0.15) is 6.10 Å². The maximum Gasteiger partial charge on any atom is 0.274 e. The summed E-state index contributed by atoms with van der Waals surface area (Å²) in [6.07, 6.45) is 5.05. The lowest BCUT2D eigenvalue weighted by Crippen LogP contribution is -2.53. The third-order valence-electron chi connectivity index (χ3n) is 4.82. The SMILES string of the molecule is Clc1ccc2nc(O[C@@H]3C4=CN5CC(C4)CC3C5)sc2c1. The van der Waals surface area contributed by atoms with E-state index >= 15 is 0 Å². The van der Waals surface area contributed by atoms with Crippen LogP contribution in [0.3, 0.4) is 0 Å². The maximum absolute atomic E-state index is 6.29. The molecule has 3 aliphatic heterocycles. The van der Waals surface area contributed by atoms with E-state index in [9.17, 15) is 0 Å². The summed E-state index contributed by atoms with van der Waals surface area (Å²) in [5, 5.41) is 1.53. The second-order valence-corrected chi connectivity index (χ2v) is 7.78. The summed E-state index contributed by atoms with van der Waals surface area (Å²) in [5.74, 6) is 1.48. The predicted molar refractivity (Wildman–Crippen MR) is 84.9 cm³/mol. The van der Waals surface area contributed by atoms with Crippen molar-refractivity contribution in [1.29, 1.82) is 0 Å². The Balaban J connectivity index is 1.47. The smallest absolute Gasteiger partial charge is 0.274 e. The highest BCUT2D eigenvalue weighted by Gasteiger charge is 2.44. The van der Waals surface area contributed by atoms with Crippen LogP contribution < -0.4 is 4.74 Å². The van der Waals surface area contributed by atoms with Crippen molar-refractivity contribution >= 4 is 33.2 Å². The van der Waals surface area contributed by atoms with Crippen LogP contribution in [0.15, 0.2) is 30.0 Å². The molecule has 5 heteroatoms. The summed E-state index contributed by atoms with van der Waals surface area (Å²) >= 11 is 7.64. The zero-order valence-electron chi connectivity index (χ0n) is 11.5. The van der Waals surface area contributed by atoms with Gasteiger partial charge in [-0.1, -0.05) is 22.9 Å². The van der Waals surface area contributed by atoms with Crippen molar-refractivity contribution in [1.82, 2.24) is 9.88 Å². The first kappa shape index (κ1) is 12.3. The van der Waals surface area contributed by atoms with Gasteiger partial charge < -0.3 is 9.64 Å². The van der Waals surface area contributed by atoms with Gasteiger partial charge in [0.05, 0.1) is 10.2 Å². The van der Waals surface area contributed by atoms with E-state index in [4.69, 9.17) is 16.3 Å². The molecule has 3 atom stereocenters. The first-order chi connectivity index (χ1) is 10.2. The molecule has 1 saturated carbocycles. The van der Waals surface area contributed by atoms with Crippen LogP contribution in [0.1, 0.15) is 12.8 Å². The van der Waals surface area contributed by atoms with Crippen LogP contribution in [0.4, 0.5) is 0 Å². The minimum Gasteiger partial charge on any atom is -0.462 e. The first-order valence-electron chi connectivity index (χ1n) is 7.42. The largest absolute Gasteiger partial charge is 0.462 e. The molecular weight excluding hydrogens is 304 g/mol. The van der Waals surface area contributed by atoms with Gasteiger partial charge in [-0.15, -0.1) is 0 Å². The highest BCUT2D eigenvalue weighted by Crippen LogP contribution is 2.44. The van der Waals surface area contributed by atoms with E-state index in [1.54, 1.807) is 11.3 Å². The highest BCUT2D eigenvalue weighted by molar-refractivity contribution is 7.20. The van der Waals surface area contributed by atoms with E-state index in [0.29, 0.717) is 5.92 Å². The molecule has 4 bridgehead atoms. The van der Waals surface area contributed by atoms with Crippen LogP contribution in [0, 0.1) is 11.8 Å². The third-order valence-corrected chi connectivity index (χ3v) is 5.97. The normalized spacial score (nSPS) is 30.0. The maximum atomic E-state index is 6.29. The van der Waals surface area contributed by atoms with Crippen LogP contribution in [0.2, 0.25) is 5.02 Å². The summed E-state index contributed by atoms with van der Waals surface area (Å²) < 4.78 is 7.38. The Kier molecular flexibility index (Phi) is 2.56. The quantitative estimate of drug-likeness (QED) is 0.838. The van der Waals surface area contributed by atoms with Gasteiger partial charge in [0.2, 0.25) is 0 Å². The molecule has 0 N–H and O–H groups in total. The minimum absolute atomic E-state index is 0.230. The molecule has 108 valence electrons. The topological polar surface area (TPSA) is 25.4 Å². The van der Waals surface area contributed by atoms with Gasteiger partial charge >= 0.3 is 0 Å².